The summed E-state index contributed by atoms with van der Waals surface area (Å²) in [5.41, 5.74) is 1.82. The molecular formula is C18H26N2O4. The van der Waals surface area contributed by atoms with E-state index in [-0.39, 0.29) is 11.7 Å². The summed E-state index contributed by atoms with van der Waals surface area (Å²) in [7, 11) is 1.61. The van der Waals surface area contributed by atoms with Gasteiger partial charge >= 0.3 is 0 Å². The fourth-order valence-electron chi connectivity index (χ4n) is 3.29. The molecule has 6 nitrogen and oxygen atoms in total. The smallest absolute Gasteiger partial charge is 0.225 e. The van der Waals surface area contributed by atoms with Crippen molar-refractivity contribution in [3.63, 3.8) is 0 Å². The Labute approximate surface area is 143 Å². The number of amides is 1. The first-order valence-corrected chi connectivity index (χ1v) is 8.55. The molecule has 2 saturated heterocycles. The van der Waals surface area contributed by atoms with Crippen LogP contribution in [0.25, 0.3) is 0 Å². The molecule has 1 N–H and O–H groups in total. The zero-order chi connectivity index (χ0) is 17.0. The highest BCUT2D eigenvalue weighted by atomic mass is 16.7. The quantitative estimate of drug-likeness (QED) is 0.894. The number of nitrogens with one attached hydrogen (secondary N) is 1. The molecule has 0 radical (unpaired) electrons. The third-order valence-corrected chi connectivity index (χ3v) is 4.72. The van der Waals surface area contributed by atoms with Crippen LogP contribution in [0.3, 0.4) is 0 Å². The Kier molecular flexibility index (Phi) is 5.38. The van der Waals surface area contributed by atoms with Crippen LogP contribution in [0.2, 0.25) is 0 Å². The van der Waals surface area contributed by atoms with Crippen molar-refractivity contribution >= 4 is 11.6 Å². The van der Waals surface area contributed by atoms with Gasteiger partial charge in [0.2, 0.25) is 5.91 Å². The van der Waals surface area contributed by atoms with Crippen LogP contribution in [0.1, 0.15) is 24.8 Å². The molecule has 0 unspecified atom stereocenters. The molecule has 2 aliphatic rings. The Bertz CT molecular complexity index is 574. The molecule has 6 heteroatoms. The predicted octanol–water partition coefficient (Wildman–Crippen LogP) is 2.17. The molecule has 2 heterocycles. The zero-order valence-electron chi connectivity index (χ0n) is 14.5. The number of piperidine rings is 1. The molecule has 132 valence electrons. The molecule has 1 spiro atoms. The van der Waals surface area contributed by atoms with Crippen LogP contribution in [0.4, 0.5) is 5.69 Å². The first-order valence-electron chi connectivity index (χ1n) is 8.55. The highest BCUT2D eigenvalue weighted by Crippen LogP contribution is 2.31. The molecular weight excluding hydrogens is 308 g/mol. The highest BCUT2D eigenvalue weighted by molar-refractivity contribution is 5.92. The number of carbonyl (C=O) groups is 1. The van der Waals surface area contributed by atoms with E-state index in [1.54, 1.807) is 7.11 Å². The van der Waals surface area contributed by atoms with Crippen LogP contribution < -0.4 is 10.1 Å². The second kappa shape index (κ2) is 7.51. The van der Waals surface area contributed by atoms with Gasteiger partial charge < -0.3 is 24.4 Å². The summed E-state index contributed by atoms with van der Waals surface area (Å²) in [5.74, 6) is 0.338. The molecule has 0 atom stereocenters. The number of benzene rings is 1. The van der Waals surface area contributed by atoms with Crippen molar-refractivity contribution in [2.24, 2.45) is 0 Å². The maximum atomic E-state index is 12.2. The van der Waals surface area contributed by atoms with Crippen LogP contribution in [0.5, 0.6) is 5.75 Å². The summed E-state index contributed by atoms with van der Waals surface area (Å²) >= 11 is 0. The topological polar surface area (TPSA) is 60.0 Å². The predicted molar refractivity (Wildman–Crippen MR) is 91.3 cm³/mol. The van der Waals surface area contributed by atoms with Gasteiger partial charge in [0, 0.05) is 38.9 Å². The average Bonchev–Trinajstić information content (AvgIpc) is 3.03. The molecule has 0 bridgehead atoms. The summed E-state index contributed by atoms with van der Waals surface area (Å²) in [6.07, 6.45) is 2.21. The van der Waals surface area contributed by atoms with E-state index in [2.05, 4.69) is 10.2 Å². The largest absolute Gasteiger partial charge is 0.495 e. The van der Waals surface area contributed by atoms with Crippen molar-refractivity contribution in [3.05, 3.63) is 23.8 Å². The molecule has 1 aromatic rings. The average molecular weight is 334 g/mol. The first kappa shape index (κ1) is 17.2. The van der Waals surface area contributed by atoms with Gasteiger partial charge in [-0.15, -0.1) is 0 Å². The SMILES string of the molecule is COc1ccc(C)cc1NC(=O)CCN1CCC2(CC1)OCCO2. The van der Waals surface area contributed by atoms with E-state index in [0.29, 0.717) is 25.4 Å². The van der Waals surface area contributed by atoms with Crippen molar-refractivity contribution in [2.75, 3.05) is 45.3 Å². The van der Waals surface area contributed by atoms with Gasteiger partial charge in [-0.05, 0) is 24.6 Å². The van der Waals surface area contributed by atoms with Crippen LogP contribution in [0.15, 0.2) is 18.2 Å². The fraction of sp³-hybridized carbons (Fsp3) is 0.611. The lowest BCUT2D eigenvalue weighted by Gasteiger charge is -2.37. The molecule has 0 saturated carbocycles. The van der Waals surface area contributed by atoms with E-state index in [0.717, 1.165) is 43.7 Å². The van der Waals surface area contributed by atoms with Gasteiger partial charge in [-0.3, -0.25) is 4.79 Å². The van der Waals surface area contributed by atoms with Crippen molar-refractivity contribution in [1.29, 1.82) is 0 Å². The molecule has 1 amide bonds. The first-order chi connectivity index (χ1) is 11.6. The summed E-state index contributed by atoms with van der Waals surface area (Å²) in [5, 5.41) is 2.95. The fourth-order valence-corrected chi connectivity index (χ4v) is 3.29. The minimum atomic E-state index is -0.353. The van der Waals surface area contributed by atoms with Gasteiger partial charge in [-0.1, -0.05) is 6.07 Å². The van der Waals surface area contributed by atoms with E-state index in [9.17, 15) is 4.79 Å². The Hall–Kier alpha value is -1.63. The third-order valence-electron chi connectivity index (χ3n) is 4.72. The van der Waals surface area contributed by atoms with Crippen LogP contribution in [-0.2, 0) is 14.3 Å². The Balaban J connectivity index is 1.45. The second-order valence-corrected chi connectivity index (χ2v) is 6.45. The molecule has 0 aliphatic carbocycles. The van der Waals surface area contributed by atoms with Gasteiger partial charge in [-0.25, -0.2) is 0 Å². The second-order valence-electron chi connectivity index (χ2n) is 6.45. The number of hydrogen-bond donors (Lipinski definition) is 1. The lowest BCUT2D eigenvalue weighted by atomic mass is 10.0. The maximum Gasteiger partial charge on any atom is 0.225 e. The number of nitrogens with zero attached hydrogens (tertiary/aromatic N) is 1. The summed E-state index contributed by atoms with van der Waals surface area (Å²) < 4.78 is 16.8. The monoisotopic (exact) mass is 334 g/mol. The van der Waals surface area contributed by atoms with E-state index >= 15 is 0 Å². The van der Waals surface area contributed by atoms with Crippen LogP contribution in [-0.4, -0.2) is 56.6 Å². The number of aryl methyl sites for hydroxylation is 1. The van der Waals surface area contributed by atoms with Gasteiger partial charge in [0.15, 0.2) is 5.79 Å². The maximum absolute atomic E-state index is 12.2. The van der Waals surface area contributed by atoms with Crippen LogP contribution in [0, 0.1) is 6.92 Å². The molecule has 1 aromatic carbocycles. The van der Waals surface area contributed by atoms with E-state index in [4.69, 9.17) is 14.2 Å². The summed E-state index contributed by atoms with van der Waals surface area (Å²) in [4.78, 5) is 14.5. The highest BCUT2D eigenvalue weighted by Gasteiger charge is 2.39. The third kappa shape index (κ3) is 4.06. The number of likely N-dealkylation sites (tertiary alicyclic amines) is 1. The van der Waals surface area contributed by atoms with Crippen molar-refractivity contribution in [3.8, 4) is 5.75 Å². The molecule has 2 fully saturated rings. The standard InChI is InChI=1S/C18H26N2O4/c1-14-3-4-16(22-2)15(13-14)19-17(21)5-8-20-9-6-18(7-10-20)23-11-12-24-18/h3-4,13H,5-12H2,1-2H3,(H,19,21). The number of methoxy groups -OCH3 is 1. The van der Waals surface area contributed by atoms with Gasteiger partial charge in [-0.2, -0.15) is 0 Å². The number of ether oxygens (including phenoxy) is 3. The number of hydrogen-bond acceptors (Lipinski definition) is 5. The van der Waals surface area contributed by atoms with Crippen LogP contribution >= 0.6 is 0 Å². The summed E-state index contributed by atoms with van der Waals surface area (Å²) in [6, 6.07) is 5.76. The Morgan fingerprint density at radius 3 is 2.67 bits per heavy atom. The van der Waals surface area contributed by atoms with Crippen molar-refractivity contribution in [1.82, 2.24) is 4.90 Å². The number of rotatable bonds is 5. The van der Waals surface area contributed by atoms with Gasteiger partial charge in [0.05, 0.1) is 26.0 Å². The Morgan fingerprint density at radius 2 is 2.00 bits per heavy atom. The minimum absolute atomic E-state index is 0.00699. The lowest BCUT2D eigenvalue weighted by molar-refractivity contribution is -0.185. The lowest BCUT2D eigenvalue weighted by Crippen LogP contribution is -2.45. The minimum Gasteiger partial charge on any atom is -0.495 e. The van der Waals surface area contributed by atoms with E-state index in [1.807, 2.05) is 25.1 Å². The normalized spacial score (nSPS) is 20.2. The molecule has 3 rings (SSSR count). The Morgan fingerprint density at radius 1 is 1.29 bits per heavy atom. The van der Waals surface area contributed by atoms with Gasteiger partial charge in [0.1, 0.15) is 5.75 Å². The van der Waals surface area contributed by atoms with E-state index < -0.39 is 0 Å². The molecule has 0 aromatic heterocycles. The van der Waals surface area contributed by atoms with Crippen molar-refractivity contribution in [2.45, 2.75) is 32.0 Å². The zero-order valence-corrected chi connectivity index (χ0v) is 14.5. The molecule has 24 heavy (non-hydrogen) atoms. The van der Waals surface area contributed by atoms with Gasteiger partial charge in [0.25, 0.3) is 0 Å². The van der Waals surface area contributed by atoms with Crippen molar-refractivity contribution < 1.29 is 19.0 Å². The molecule has 2 aliphatic heterocycles. The number of anilines is 1. The van der Waals surface area contributed by atoms with E-state index in [1.165, 1.54) is 0 Å². The number of carbonyl (C=O) groups excluding carboxylic acids is 1. The summed E-state index contributed by atoms with van der Waals surface area (Å²) in [6.45, 7) is 5.94.